The Hall–Kier alpha value is -2.37. The minimum atomic E-state index is -0.743. The van der Waals surface area contributed by atoms with Gasteiger partial charge in [0.05, 0.1) is 20.6 Å². The maximum Gasteiger partial charge on any atom is 0.329 e. The van der Waals surface area contributed by atoms with Crippen molar-refractivity contribution < 1.29 is 19.1 Å². The second-order valence-electron chi connectivity index (χ2n) is 5.71. The summed E-state index contributed by atoms with van der Waals surface area (Å²) in [7, 11) is 2.83. The van der Waals surface area contributed by atoms with Gasteiger partial charge in [-0.2, -0.15) is 0 Å². The average molecular weight is 318 g/mol. The number of amides is 1. The van der Waals surface area contributed by atoms with Crippen molar-refractivity contribution in [1.82, 2.24) is 4.90 Å². The van der Waals surface area contributed by atoms with Crippen LogP contribution in [-0.4, -0.2) is 49.1 Å². The van der Waals surface area contributed by atoms with Gasteiger partial charge in [-0.1, -0.05) is 32.0 Å². The fraction of sp³-hybridized carbons (Fsp3) is 0.471. The number of carbonyl (C=O) groups is 2. The van der Waals surface area contributed by atoms with E-state index in [0.29, 0.717) is 11.5 Å². The Labute approximate surface area is 136 Å². The fourth-order valence-electron chi connectivity index (χ4n) is 2.64. The summed E-state index contributed by atoms with van der Waals surface area (Å²) in [6.07, 6.45) is -0.263. The molecule has 2 atom stereocenters. The van der Waals surface area contributed by atoms with E-state index in [-0.39, 0.29) is 18.2 Å². The molecule has 0 fully saturated rings. The van der Waals surface area contributed by atoms with Crippen LogP contribution in [0.4, 0.5) is 0 Å². The number of carbonyl (C=O) groups excluding carboxylic acids is 2. The van der Waals surface area contributed by atoms with Crippen LogP contribution in [0.15, 0.2) is 35.3 Å². The molecule has 0 N–H and O–H groups in total. The zero-order valence-corrected chi connectivity index (χ0v) is 13.9. The Bertz CT molecular complexity index is 598. The molecule has 0 spiro atoms. The quantitative estimate of drug-likeness (QED) is 0.800. The molecule has 1 aromatic rings. The zero-order chi connectivity index (χ0) is 17.0. The van der Waals surface area contributed by atoms with Crippen LogP contribution >= 0.6 is 0 Å². The van der Waals surface area contributed by atoms with Crippen LogP contribution in [0.2, 0.25) is 0 Å². The third-order valence-electron chi connectivity index (χ3n) is 3.83. The molecule has 0 aromatic heterocycles. The van der Waals surface area contributed by atoms with Gasteiger partial charge in [0.2, 0.25) is 0 Å². The average Bonchev–Trinajstić information content (AvgIpc) is 2.59. The van der Waals surface area contributed by atoms with Gasteiger partial charge < -0.3 is 14.4 Å². The number of rotatable bonds is 3. The second kappa shape index (κ2) is 7.26. The van der Waals surface area contributed by atoms with Crippen molar-refractivity contribution in [2.24, 2.45) is 10.9 Å². The lowest BCUT2D eigenvalue weighted by Gasteiger charge is -2.40. The molecule has 23 heavy (non-hydrogen) atoms. The van der Waals surface area contributed by atoms with E-state index < -0.39 is 18.2 Å². The van der Waals surface area contributed by atoms with Gasteiger partial charge in [0, 0.05) is 5.56 Å². The van der Waals surface area contributed by atoms with E-state index in [2.05, 4.69) is 4.99 Å². The summed E-state index contributed by atoms with van der Waals surface area (Å²) in [6.45, 7) is 3.90. The molecule has 0 unspecified atom stereocenters. The molecular formula is C17H22N2O4. The molecule has 1 aromatic carbocycles. The second-order valence-corrected chi connectivity index (χ2v) is 5.71. The van der Waals surface area contributed by atoms with Gasteiger partial charge in [-0.05, 0) is 18.1 Å². The minimum absolute atomic E-state index is 0.0280. The lowest BCUT2D eigenvalue weighted by Crippen LogP contribution is -2.56. The van der Waals surface area contributed by atoms with Crippen LogP contribution in [0.5, 0.6) is 0 Å². The molecule has 6 heteroatoms. The lowest BCUT2D eigenvalue weighted by molar-refractivity contribution is -0.147. The summed E-state index contributed by atoms with van der Waals surface area (Å²) >= 11 is 0. The summed E-state index contributed by atoms with van der Waals surface area (Å²) in [6, 6.07) is 8.13. The minimum Gasteiger partial charge on any atom is -0.484 e. The molecule has 1 heterocycles. The Kier molecular flexibility index (Phi) is 5.36. The van der Waals surface area contributed by atoms with Gasteiger partial charge in [0.15, 0.2) is 5.90 Å². The first-order chi connectivity index (χ1) is 11.0. The summed E-state index contributed by atoms with van der Waals surface area (Å²) in [5.74, 6) is -0.223. The molecule has 1 aliphatic heterocycles. The topological polar surface area (TPSA) is 68.2 Å². The maximum atomic E-state index is 12.9. The highest BCUT2D eigenvalue weighted by atomic mass is 16.5. The van der Waals surface area contributed by atoms with Crippen molar-refractivity contribution >= 4 is 17.8 Å². The van der Waals surface area contributed by atoms with Gasteiger partial charge in [-0.15, -0.1) is 0 Å². The van der Waals surface area contributed by atoms with Crippen molar-refractivity contribution in [3.8, 4) is 0 Å². The van der Waals surface area contributed by atoms with E-state index in [1.54, 1.807) is 24.3 Å². The van der Waals surface area contributed by atoms with Crippen LogP contribution in [-0.2, 0) is 14.3 Å². The molecule has 124 valence electrons. The van der Waals surface area contributed by atoms with Crippen molar-refractivity contribution in [2.45, 2.75) is 32.5 Å². The van der Waals surface area contributed by atoms with Crippen LogP contribution in [0.3, 0.4) is 0 Å². The van der Waals surface area contributed by atoms with Gasteiger partial charge >= 0.3 is 5.97 Å². The first-order valence-electron chi connectivity index (χ1n) is 7.55. The van der Waals surface area contributed by atoms with E-state index in [1.165, 1.54) is 19.1 Å². The van der Waals surface area contributed by atoms with E-state index in [1.807, 2.05) is 19.9 Å². The van der Waals surface area contributed by atoms with Crippen molar-refractivity contribution in [1.29, 1.82) is 0 Å². The molecule has 1 amide bonds. The van der Waals surface area contributed by atoms with Crippen molar-refractivity contribution in [2.75, 3.05) is 14.2 Å². The van der Waals surface area contributed by atoms with E-state index in [0.717, 1.165) is 0 Å². The number of hydrogen-bond donors (Lipinski definition) is 0. The first kappa shape index (κ1) is 17.0. The lowest BCUT2D eigenvalue weighted by atomic mass is 10.0. The Balaban J connectivity index is 2.46. The monoisotopic (exact) mass is 318 g/mol. The fourth-order valence-corrected chi connectivity index (χ4v) is 2.64. The van der Waals surface area contributed by atoms with E-state index >= 15 is 0 Å². The predicted octanol–water partition coefficient (Wildman–Crippen LogP) is 2.10. The maximum absolute atomic E-state index is 12.9. The standard InChI is InChI=1S/C17H22N2O4/c1-11(2)15-18-14(22-3)10-13(17(21)23-4)19(15)16(20)12-8-6-5-7-9-12/h5-9,11,13,15H,10H2,1-4H3/t13-,15-/m0/s1. The van der Waals surface area contributed by atoms with Gasteiger partial charge in [0.1, 0.15) is 12.2 Å². The highest BCUT2D eigenvalue weighted by Gasteiger charge is 2.42. The van der Waals surface area contributed by atoms with Crippen LogP contribution in [0.1, 0.15) is 30.6 Å². The molecule has 0 aliphatic carbocycles. The third kappa shape index (κ3) is 3.52. The predicted molar refractivity (Wildman–Crippen MR) is 86.1 cm³/mol. The number of methoxy groups -OCH3 is 2. The summed E-state index contributed by atoms with van der Waals surface area (Å²) < 4.78 is 10.1. The van der Waals surface area contributed by atoms with Crippen molar-refractivity contribution in [3.63, 3.8) is 0 Å². The Morgan fingerprint density at radius 3 is 2.39 bits per heavy atom. The van der Waals surface area contributed by atoms with Gasteiger partial charge in [0.25, 0.3) is 5.91 Å². The molecular weight excluding hydrogens is 296 g/mol. The van der Waals surface area contributed by atoms with E-state index in [9.17, 15) is 9.59 Å². The Morgan fingerprint density at radius 2 is 1.87 bits per heavy atom. The summed E-state index contributed by atoms with van der Waals surface area (Å²) in [4.78, 5) is 31.2. The smallest absolute Gasteiger partial charge is 0.329 e. The Morgan fingerprint density at radius 1 is 1.22 bits per heavy atom. The SMILES string of the molecule is COC(=O)[C@@H]1CC(OC)=N[C@H](C(C)C)N1C(=O)c1ccccc1. The molecule has 0 saturated heterocycles. The highest BCUT2D eigenvalue weighted by Crippen LogP contribution is 2.26. The number of ether oxygens (including phenoxy) is 2. The van der Waals surface area contributed by atoms with Crippen LogP contribution in [0.25, 0.3) is 0 Å². The van der Waals surface area contributed by atoms with E-state index in [4.69, 9.17) is 9.47 Å². The van der Waals surface area contributed by atoms with Crippen LogP contribution in [0, 0.1) is 5.92 Å². The summed E-state index contributed by atoms with van der Waals surface area (Å²) in [5.41, 5.74) is 0.517. The summed E-state index contributed by atoms with van der Waals surface area (Å²) in [5, 5.41) is 0. The first-order valence-corrected chi connectivity index (χ1v) is 7.55. The normalized spacial score (nSPS) is 20.9. The zero-order valence-electron chi connectivity index (χ0n) is 13.9. The molecule has 0 bridgehead atoms. The van der Waals surface area contributed by atoms with Gasteiger partial charge in [-0.25, -0.2) is 9.79 Å². The van der Waals surface area contributed by atoms with Crippen LogP contribution < -0.4 is 0 Å². The molecule has 0 saturated carbocycles. The number of aliphatic imine (C=N–C) groups is 1. The molecule has 1 aliphatic rings. The number of nitrogens with zero attached hydrogens (tertiary/aromatic N) is 2. The van der Waals surface area contributed by atoms with Crippen molar-refractivity contribution in [3.05, 3.63) is 35.9 Å². The third-order valence-corrected chi connectivity index (χ3v) is 3.83. The number of esters is 1. The molecule has 2 rings (SSSR count). The number of hydrogen-bond acceptors (Lipinski definition) is 5. The molecule has 0 radical (unpaired) electrons. The number of benzene rings is 1. The van der Waals surface area contributed by atoms with Gasteiger partial charge in [-0.3, -0.25) is 4.79 Å². The molecule has 6 nitrogen and oxygen atoms in total. The largest absolute Gasteiger partial charge is 0.484 e. The highest BCUT2D eigenvalue weighted by molar-refractivity contribution is 5.99.